The van der Waals surface area contributed by atoms with Gasteiger partial charge in [0.05, 0.1) is 17.0 Å². The molecule has 1 aliphatic carbocycles. The van der Waals surface area contributed by atoms with E-state index in [1.165, 1.54) is 29.4 Å². The van der Waals surface area contributed by atoms with Crippen molar-refractivity contribution in [2.24, 2.45) is 5.92 Å². The summed E-state index contributed by atoms with van der Waals surface area (Å²) in [5.41, 5.74) is 0.366. The zero-order valence-corrected chi connectivity index (χ0v) is 19.7. The molecule has 1 heterocycles. The predicted molar refractivity (Wildman–Crippen MR) is 128 cm³/mol. The Morgan fingerprint density at radius 2 is 1.83 bits per heavy atom. The molecule has 0 unspecified atom stereocenters. The van der Waals surface area contributed by atoms with E-state index in [1.807, 2.05) is 0 Å². The summed E-state index contributed by atoms with van der Waals surface area (Å²) in [5.74, 6) is -1.67. The number of H-pyrrole nitrogens is 1. The summed E-state index contributed by atoms with van der Waals surface area (Å²) in [6.07, 6.45) is 3.58. The number of benzene rings is 2. The van der Waals surface area contributed by atoms with Crippen molar-refractivity contribution >= 4 is 35.1 Å². The molecule has 0 saturated heterocycles. The van der Waals surface area contributed by atoms with E-state index < -0.39 is 17.7 Å². The second-order valence-electron chi connectivity index (χ2n) is 8.34. The third kappa shape index (κ3) is 5.68. The molecule has 3 aromatic rings. The second-order valence-corrected chi connectivity index (χ2v) is 8.75. The number of rotatable bonds is 6. The van der Waals surface area contributed by atoms with Crippen molar-refractivity contribution in [1.82, 2.24) is 15.3 Å². The fraction of sp³-hybridized carbons (Fsp3) is 0.280. The average molecular weight is 499 g/mol. The molecule has 0 aliphatic heterocycles. The lowest BCUT2D eigenvalue weighted by molar-refractivity contribution is -0.123. The number of amides is 2. The highest BCUT2D eigenvalue weighted by Crippen LogP contribution is 2.31. The lowest BCUT2D eigenvalue weighted by atomic mass is 9.85. The fourth-order valence-electron chi connectivity index (χ4n) is 4.15. The van der Waals surface area contributed by atoms with E-state index in [9.17, 15) is 18.8 Å². The largest absolute Gasteiger partial charge is 0.422 e. The van der Waals surface area contributed by atoms with Crippen LogP contribution < -0.4 is 15.0 Å². The first kappa shape index (κ1) is 24.4. The fourth-order valence-corrected chi connectivity index (χ4v) is 4.45. The number of carbonyl (C=O) groups excluding carboxylic acids is 3. The van der Waals surface area contributed by atoms with Crippen LogP contribution in [0.4, 0.5) is 10.1 Å². The van der Waals surface area contributed by atoms with E-state index in [2.05, 4.69) is 15.3 Å². The summed E-state index contributed by atoms with van der Waals surface area (Å²) in [4.78, 5) is 46.3. The third-order valence-corrected chi connectivity index (χ3v) is 6.33. The predicted octanol–water partition coefficient (Wildman–Crippen LogP) is 4.37. The first-order valence-electron chi connectivity index (χ1n) is 11.2. The number of carbonyl (C=O) groups is 3. The monoisotopic (exact) mass is 498 g/mol. The standard InChI is InChI=1S/C25H24ClFN4O4/c1-31(20-12-9-16(27)13-19(20)26)24(33)15-7-10-17(11-8-15)30-23(32)21-22(29-14-28-21)25(34)35-18-5-3-2-4-6-18/h2-6,9,12-15,17H,7-8,10-11H2,1H3,(H,28,29)(H,30,32)/t15-,17-. The number of hydrogen-bond acceptors (Lipinski definition) is 5. The maximum Gasteiger partial charge on any atom is 0.364 e. The van der Waals surface area contributed by atoms with E-state index in [-0.39, 0.29) is 34.3 Å². The Labute approximate surface area is 206 Å². The summed E-state index contributed by atoms with van der Waals surface area (Å²) in [5, 5.41) is 3.08. The van der Waals surface area contributed by atoms with Gasteiger partial charge in [0.1, 0.15) is 17.3 Å². The lowest BCUT2D eigenvalue weighted by Crippen LogP contribution is -2.42. The van der Waals surface area contributed by atoms with Crippen LogP contribution in [0, 0.1) is 11.7 Å². The highest BCUT2D eigenvalue weighted by atomic mass is 35.5. The average Bonchev–Trinajstić information content (AvgIpc) is 3.35. The van der Waals surface area contributed by atoms with Gasteiger partial charge in [-0.05, 0) is 56.0 Å². The van der Waals surface area contributed by atoms with Gasteiger partial charge in [-0.25, -0.2) is 14.2 Å². The van der Waals surface area contributed by atoms with Crippen molar-refractivity contribution < 1.29 is 23.5 Å². The molecule has 0 spiro atoms. The van der Waals surface area contributed by atoms with Gasteiger partial charge in [0, 0.05) is 19.0 Å². The number of aromatic amines is 1. The smallest absolute Gasteiger partial charge is 0.364 e. The van der Waals surface area contributed by atoms with Crippen molar-refractivity contribution in [1.29, 1.82) is 0 Å². The Kier molecular flexibility index (Phi) is 7.45. The number of hydrogen-bond donors (Lipinski definition) is 2. The maximum atomic E-state index is 13.3. The number of esters is 1. The number of halogens is 2. The molecule has 0 bridgehead atoms. The van der Waals surface area contributed by atoms with Gasteiger partial charge >= 0.3 is 5.97 Å². The van der Waals surface area contributed by atoms with Gasteiger partial charge in [-0.1, -0.05) is 29.8 Å². The number of imidazole rings is 1. The number of nitrogens with one attached hydrogen (secondary N) is 2. The minimum atomic E-state index is -0.737. The van der Waals surface area contributed by atoms with Crippen LogP contribution in [0.25, 0.3) is 0 Å². The summed E-state index contributed by atoms with van der Waals surface area (Å²) < 4.78 is 18.6. The minimum absolute atomic E-state index is 0.0230. The van der Waals surface area contributed by atoms with Crippen molar-refractivity contribution in [3.8, 4) is 5.75 Å². The number of ether oxygens (including phenoxy) is 1. The van der Waals surface area contributed by atoms with Crippen molar-refractivity contribution in [3.63, 3.8) is 0 Å². The Hall–Kier alpha value is -3.72. The molecule has 182 valence electrons. The van der Waals surface area contributed by atoms with E-state index >= 15 is 0 Å². The lowest BCUT2D eigenvalue weighted by Gasteiger charge is -2.31. The van der Waals surface area contributed by atoms with E-state index in [1.54, 1.807) is 37.4 Å². The quantitative estimate of drug-likeness (QED) is 0.388. The third-order valence-electron chi connectivity index (χ3n) is 6.03. The van der Waals surface area contributed by atoms with E-state index in [0.717, 1.165) is 0 Å². The SMILES string of the molecule is CN(c1ccc(F)cc1Cl)C(=O)[C@H]1CC[C@H](NC(=O)c2[nH]cnc2C(=O)Oc2ccccc2)CC1. The normalized spacial score (nSPS) is 17.5. The molecule has 0 radical (unpaired) electrons. The molecule has 0 atom stereocenters. The molecule has 1 aromatic heterocycles. The van der Waals surface area contributed by atoms with Crippen LogP contribution in [0.15, 0.2) is 54.9 Å². The van der Waals surface area contributed by atoms with Gasteiger partial charge in [0.25, 0.3) is 5.91 Å². The summed E-state index contributed by atoms with van der Waals surface area (Å²) >= 11 is 6.09. The second kappa shape index (κ2) is 10.7. The van der Waals surface area contributed by atoms with Crippen molar-refractivity contribution in [2.75, 3.05) is 11.9 Å². The summed E-state index contributed by atoms with van der Waals surface area (Å²) in [6, 6.07) is 12.3. The van der Waals surface area contributed by atoms with Crippen LogP contribution in [0.2, 0.25) is 5.02 Å². The van der Waals surface area contributed by atoms with Gasteiger partial charge in [-0.2, -0.15) is 0 Å². The topological polar surface area (TPSA) is 104 Å². The van der Waals surface area contributed by atoms with Crippen LogP contribution in [-0.2, 0) is 4.79 Å². The first-order chi connectivity index (χ1) is 16.8. The van der Waals surface area contributed by atoms with Crippen LogP contribution >= 0.6 is 11.6 Å². The van der Waals surface area contributed by atoms with Crippen LogP contribution in [0.1, 0.15) is 46.7 Å². The Morgan fingerprint density at radius 1 is 1.11 bits per heavy atom. The van der Waals surface area contributed by atoms with Gasteiger partial charge in [0.15, 0.2) is 5.69 Å². The van der Waals surface area contributed by atoms with E-state index in [0.29, 0.717) is 37.1 Å². The Morgan fingerprint density at radius 3 is 2.51 bits per heavy atom. The number of para-hydroxylation sites is 1. The molecule has 10 heteroatoms. The van der Waals surface area contributed by atoms with Gasteiger partial charge in [-0.3, -0.25) is 9.59 Å². The van der Waals surface area contributed by atoms with Gasteiger partial charge in [0.2, 0.25) is 5.91 Å². The number of anilines is 1. The van der Waals surface area contributed by atoms with Gasteiger partial charge in [-0.15, -0.1) is 0 Å². The highest BCUT2D eigenvalue weighted by Gasteiger charge is 2.31. The number of nitrogens with zero attached hydrogens (tertiary/aromatic N) is 2. The molecule has 2 amide bonds. The molecule has 35 heavy (non-hydrogen) atoms. The molecule has 4 rings (SSSR count). The molecule has 1 aliphatic rings. The molecule has 1 fully saturated rings. The zero-order valence-electron chi connectivity index (χ0n) is 19.0. The van der Waals surface area contributed by atoms with Crippen molar-refractivity contribution in [2.45, 2.75) is 31.7 Å². The molecule has 8 nitrogen and oxygen atoms in total. The van der Waals surface area contributed by atoms with Crippen LogP contribution in [0.5, 0.6) is 5.75 Å². The molecule has 2 aromatic carbocycles. The minimum Gasteiger partial charge on any atom is -0.422 e. The number of aromatic nitrogens is 2. The Balaban J connectivity index is 1.32. The molecule has 1 saturated carbocycles. The molecular weight excluding hydrogens is 475 g/mol. The zero-order chi connectivity index (χ0) is 24.9. The Bertz CT molecular complexity index is 1230. The summed E-state index contributed by atoms with van der Waals surface area (Å²) in [7, 11) is 1.61. The van der Waals surface area contributed by atoms with Crippen LogP contribution in [0.3, 0.4) is 0 Å². The molecular formula is C25H24ClFN4O4. The molecule has 2 N–H and O–H groups in total. The summed E-state index contributed by atoms with van der Waals surface area (Å²) in [6.45, 7) is 0. The first-order valence-corrected chi connectivity index (χ1v) is 11.6. The van der Waals surface area contributed by atoms with E-state index in [4.69, 9.17) is 16.3 Å². The van der Waals surface area contributed by atoms with Crippen molar-refractivity contribution in [3.05, 3.63) is 77.1 Å². The highest BCUT2D eigenvalue weighted by molar-refractivity contribution is 6.33. The van der Waals surface area contributed by atoms with Crippen LogP contribution in [-0.4, -0.2) is 40.8 Å². The maximum absolute atomic E-state index is 13.3. The van der Waals surface area contributed by atoms with Gasteiger partial charge < -0.3 is 19.9 Å².